The molecule has 23 heavy (non-hydrogen) atoms. The van der Waals surface area contributed by atoms with E-state index in [0.29, 0.717) is 5.56 Å². The Morgan fingerprint density at radius 1 is 1.13 bits per heavy atom. The van der Waals surface area contributed by atoms with Gasteiger partial charge in [-0.05, 0) is 29.2 Å². The van der Waals surface area contributed by atoms with Crippen LogP contribution in [-0.2, 0) is 6.18 Å². The second-order valence-electron chi connectivity index (χ2n) is 6.79. The van der Waals surface area contributed by atoms with Gasteiger partial charge in [-0.2, -0.15) is 13.2 Å². The largest absolute Gasteiger partial charge is 0.416 e. The summed E-state index contributed by atoms with van der Waals surface area (Å²) < 4.78 is 39.9. The Balaban J connectivity index is 0.00000264. The quantitative estimate of drug-likeness (QED) is 0.740. The first-order valence-electron chi connectivity index (χ1n) is 7.42. The van der Waals surface area contributed by atoms with Crippen LogP contribution in [0.2, 0.25) is 0 Å². The molecule has 2 nitrogen and oxygen atoms in total. The van der Waals surface area contributed by atoms with Gasteiger partial charge < -0.3 is 5.32 Å². The van der Waals surface area contributed by atoms with Crippen molar-refractivity contribution in [3.05, 3.63) is 33.8 Å². The summed E-state index contributed by atoms with van der Waals surface area (Å²) in [7, 11) is 0. The number of halogens is 5. The lowest BCUT2D eigenvalue weighted by Crippen LogP contribution is -2.48. The first-order chi connectivity index (χ1) is 10.1. The van der Waals surface area contributed by atoms with Gasteiger partial charge in [0.05, 0.1) is 5.56 Å². The molecule has 0 amide bonds. The Morgan fingerprint density at radius 2 is 1.70 bits per heavy atom. The number of hydrogen-bond donors (Lipinski definition) is 1. The summed E-state index contributed by atoms with van der Waals surface area (Å²) in [5.74, 6) is 0. The lowest BCUT2D eigenvalue weighted by atomic mass is 9.80. The van der Waals surface area contributed by atoms with Crippen LogP contribution in [0.15, 0.2) is 22.7 Å². The molecule has 0 unspecified atom stereocenters. The van der Waals surface area contributed by atoms with Crippen LogP contribution in [0.5, 0.6) is 0 Å². The van der Waals surface area contributed by atoms with Crippen molar-refractivity contribution in [3.63, 3.8) is 0 Å². The zero-order valence-electron chi connectivity index (χ0n) is 13.5. The monoisotopic (exact) mass is 414 g/mol. The zero-order valence-corrected chi connectivity index (χ0v) is 15.9. The van der Waals surface area contributed by atoms with Gasteiger partial charge in [0.25, 0.3) is 0 Å². The molecule has 1 aliphatic heterocycles. The molecule has 1 aromatic rings. The van der Waals surface area contributed by atoms with Crippen molar-refractivity contribution >= 4 is 28.3 Å². The number of piperazine rings is 1. The standard InChI is InChI=1S/C16H22BrF3N2.ClH/c1-15(2,3)14(22-8-6-21-7-9-22)12-10-11(16(18,19)20)4-5-13(12)17;/h4-5,10,14,21H,6-9H2,1-3H3;1H/t14-;/m1./s1. The molecule has 0 aromatic heterocycles. The number of rotatable bonds is 2. The topological polar surface area (TPSA) is 15.3 Å². The van der Waals surface area contributed by atoms with E-state index in [1.807, 2.05) is 0 Å². The van der Waals surface area contributed by atoms with Crippen molar-refractivity contribution in [3.8, 4) is 0 Å². The van der Waals surface area contributed by atoms with E-state index in [-0.39, 0.29) is 23.9 Å². The predicted molar refractivity (Wildman–Crippen MR) is 93.0 cm³/mol. The van der Waals surface area contributed by atoms with E-state index in [1.54, 1.807) is 0 Å². The highest BCUT2D eigenvalue weighted by Crippen LogP contribution is 2.43. The van der Waals surface area contributed by atoms with Crippen molar-refractivity contribution < 1.29 is 13.2 Å². The summed E-state index contributed by atoms with van der Waals surface area (Å²) >= 11 is 3.45. The maximum Gasteiger partial charge on any atom is 0.416 e. The SMILES string of the molecule is CC(C)(C)[C@@H](c1cc(C(F)(F)F)ccc1Br)N1CCNCC1.Cl. The third kappa shape index (κ3) is 5.08. The molecular weight excluding hydrogens is 393 g/mol. The molecule has 1 heterocycles. The molecule has 1 atom stereocenters. The molecular formula is C16H23BrClF3N2. The Morgan fingerprint density at radius 3 is 2.17 bits per heavy atom. The third-order valence-electron chi connectivity index (χ3n) is 3.95. The van der Waals surface area contributed by atoms with Gasteiger partial charge in [-0.15, -0.1) is 12.4 Å². The maximum absolute atomic E-state index is 13.1. The second-order valence-corrected chi connectivity index (χ2v) is 7.64. The van der Waals surface area contributed by atoms with E-state index < -0.39 is 11.7 Å². The first-order valence-corrected chi connectivity index (χ1v) is 8.21. The van der Waals surface area contributed by atoms with E-state index in [4.69, 9.17) is 0 Å². The van der Waals surface area contributed by atoms with Gasteiger partial charge in [0.2, 0.25) is 0 Å². The van der Waals surface area contributed by atoms with E-state index in [1.165, 1.54) is 12.1 Å². The highest BCUT2D eigenvalue weighted by molar-refractivity contribution is 9.10. The van der Waals surface area contributed by atoms with Crippen LogP contribution in [0.4, 0.5) is 13.2 Å². The average molecular weight is 416 g/mol. The zero-order chi connectivity index (χ0) is 16.5. The molecule has 0 bridgehead atoms. The summed E-state index contributed by atoms with van der Waals surface area (Å²) in [5, 5.41) is 3.29. The van der Waals surface area contributed by atoms with E-state index >= 15 is 0 Å². The third-order valence-corrected chi connectivity index (χ3v) is 4.68. The lowest BCUT2D eigenvalue weighted by molar-refractivity contribution is -0.137. The van der Waals surface area contributed by atoms with Gasteiger partial charge in [0.1, 0.15) is 0 Å². The first kappa shape index (κ1) is 20.7. The van der Waals surface area contributed by atoms with Crippen molar-refractivity contribution in [1.82, 2.24) is 10.2 Å². The van der Waals surface area contributed by atoms with Gasteiger partial charge in [0.15, 0.2) is 0 Å². The number of hydrogen-bond acceptors (Lipinski definition) is 2. The minimum Gasteiger partial charge on any atom is -0.314 e. The summed E-state index contributed by atoms with van der Waals surface area (Å²) in [6.45, 7) is 9.63. The highest BCUT2D eigenvalue weighted by Gasteiger charge is 2.36. The number of nitrogens with zero attached hydrogens (tertiary/aromatic N) is 1. The van der Waals surface area contributed by atoms with Crippen LogP contribution < -0.4 is 5.32 Å². The van der Waals surface area contributed by atoms with Gasteiger partial charge in [-0.1, -0.05) is 36.7 Å². The molecule has 7 heteroatoms. The van der Waals surface area contributed by atoms with Gasteiger partial charge >= 0.3 is 6.18 Å². The lowest BCUT2D eigenvalue weighted by Gasteiger charge is -2.43. The van der Waals surface area contributed by atoms with Crippen LogP contribution >= 0.6 is 28.3 Å². The van der Waals surface area contributed by atoms with E-state index in [9.17, 15) is 13.2 Å². The van der Waals surface area contributed by atoms with Crippen LogP contribution in [0, 0.1) is 5.41 Å². The number of nitrogens with one attached hydrogen (secondary N) is 1. The smallest absolute Gasteiger partial charge is 0.314 e. The second kappa shape index (κ2) is 7.72. The fourth-order valence-electron chi connectivity index (χ4n) is 3.08. The molecule has 0 saturated carbocycles. The molecule has 0 radical (unpaired) electrons. The van der Waals surface area contributed by atoms with Gasteiger partial charge in [-0.3, -0.25) is 4.90 Å². The minimum absolute atomic E-state index is 0. The summed E-state index contributed by atoms with van der Waals surface area (Å²) in [6, 6.07) is 3.87. The Kier molecular flexibility index (Phi) is 6.96. The number of alkyl halides is 3. The van der Waals surface area contributed by atoms with Crippen LogP contribution in [0.1, 0.15) is 37.9 Å². The van der Waals surface area contributed by atoms with Crippen molar-refractivity contribution in [1.29, 1.82) is 0 Å². The highest BCUT2D eigenvalue weighted by atomic mass is 79.9. The van der Waals surface area contributed by atoms with E-state index in [2.05, 4.69) is 46.9 Å². The van der Waals surface area contributed by atoms with Gasteiger partial charge in [0, 0.05) is 36.7 Å². The van der Waals surface area contributed by atoms with E-state index in [0.717, 1.165) is 36.7 Å². The Bertz CT molecular complexity index is 523. The molecule has 2 rings (SSSR count). The van der Waals surface area contributed by atoms with Crippen LogP contribution in [0.3, 0.4) is 0 Å². The van der Waals surface area contributed by atoms with Crippen molar-refractivity contribution in [2.75, 3.05) is 26.2 Å². The minimum atomic E-state index is -4.32. The molecule has 1 aliphatic rings. The van der Waals surface area contributed by atoms with Crippen molar-refractivity contribution in [2.45, 2.75) is 33.0 Å². The Labute approximate surface area is 150 Å². The summed E-state index contributed by atoms with van der Waals surface area (Å²) in [4.78, 5) is 2.27. The fourth-order valence-corrected chi connectivity index (χ4v) is 3.54. The number of benzene rings is 1. The molecule has 1 fully saturated rings. The molecule has 0 spiro atoms. The average Bonchev–Trinajstić information content (AvgIpc) is 2.39. The summed E-state index contributed by atoms with van der Waals surface area (Å²) in [5.41, 5.74) is -0.0383. The van der Waals surface area contributed by atoms with Gasteiger partial charge in [-0.25, -0.2) is 0 Å². The molecule has 1 N–H and O–H groups in total. The normalized spacial score (nSPS) is 18.4. The van der Waals surface area contributed by atoms with Crippen LogP contribution in [-0.4, -0.2) is 31.1 Å². The Hall–Kier alpha value is -0.300. The predicted octanol–water partition coefficient (Wildman–Crippen LogP) is 4.88. The molecule has 0 aliphatic carbocycles. The molecule has 1 aromatic carbocycles. The summed E-state index contributed by atoms with van der Waals surface area (Å²) in [6.07, 6.45) is -4.32. The molecule has 132 valence electrons. The van der Waals surface area contributed by atoms with Crippen LogP contribution in [0.25, 0.3) is 0 Å². The van der Waals surface area contributed by atoms with Crippen molar-refractivity contribution in [2.24, 2.45) is 5.41 Å². The maximum atomic E-state index is 13.1. The fraction of sp³-hybridized carbons (Fsp3) is 0.625. The molecule has 1 saturated heterocycles.